The highest BCUT2D eigenvalue weighted by molar-refractivity contribution is 9.11. The van der Waals surface area contributed by atoms with Gasteiger partial charge in [0.25, 0.3) is 0 Å². The highest BCUT2D eigenvalue weighted by Gasteiger charge is 2.27. The monoisotopic (exact) mass is 768 g/mol. The first-order valence-corrected chi connectivity index (χ1v) is 16.3. The van der Waals surface area contributed by atoms with Crippen molar-refractivity contribution in [3.63, 3.8) is 0 Å². The molecule has 0 bridgehead atoms. The Kier molecular flexibility index (Phi) is 6.62. The molecule has 0 saturated heterocycles. The van der Waals surface area contributed by atoms with E-state index >= 15 is 0 Å². The lowest BCUT2D eigenvalue weighted by molar-refractivity contribution is 0.630. The van der Waals surface area contributed by atoms with Crippen LogP contribution < -0.4 is 0 Å². The molecule has 0 N–H and O–H groups in total. The Morgan fingerprint density at radius 1 is 0.583 bits per heavy atom. The van der Waals surface area contributed by atoms with E-state index in [0.29, 0.717) is 11.8 Å². The second kappa shape index (κ2) is 9.38. The summed E-state index contributed by atoms with van der Waals surface area (Å²) in [5.74, 6) is 2.60. The largest absolute Gasteiger partial charge is 0.454 e. The van der Waals surface area contributed by atoms with Crippen LogP contribution in [0.25, 0.3) is 52.6 Å². The summed E-state index contributed by atoms with van der Waals surface area (Å²) < 4.78 is 19.2. The number of rotatable bonds is 4. The van der Waals surface area contributed by atoms with Crippen molar-refractivity contribution in [1.29, 1.82) is 0 Å². The van der Waals surface area contributed by atoms with Crippen molar-refractivity contribution in [3.05, 3.63) is 65.4 Å². The van der Waals surface area contributed by atoms with Crippen LogP contribution in [0.3, 0.4) is 0 Å². The SMILES string of the molecule is CC(C)c1ccc2c(Br)c(-c3sc4c(Br)c(-c5oc6cc(C(C)C)ccc6c5Br)sc4c3Br)oc2c1. The van der Waals surface area contributed by atoms with Crippen molar-refractivity contribution < 1.29 is 8.83 Å². The van der Waals surface area contributed by atoms with Crippen LogP contribution in [0.5, 0.6) is 0 Å². The third-order valence-corrected chi connectivity index (χ3v) is 13.2. The van der Waals surface area contributed by atoms with Crippen molar-refractivity contribution in [1.82, 2.24) is 0 Å². The van der Waals surface area contributed by atoms with Crippen molar-refractivity contribution >= 4 is 118 Å². The van der Waals surface area contributed by atoms with Gasteiger partial charge in [-0.3, -0.25) is 0 Å². The van der Waals surface area contributed by atoms with E-state index in [1.807, 2.05) is 0 Å². The number of benzene rings is 2. The highest BCUT2D eigenvalue weighted by atomic mass is 79.9. The van der Waals surface area contributed by atoms with Gasteiger partial charge in [-0.15, -0.1) is 22.7 Å². The van der Waals surface area contributed by atoms with Gasteiger partial charge in [0.2, 0.25) is 0 Å². The molecule has 0 saturated carbocycles. The summed E-state index contributed by atoms with van der Waals surface area (Å²) >= 11 is 18.8. The number of thiophene rings is 2. The Morgan fingerprint density at radius 2 is 0.972 bits per heavy atom. The van der Waals surface area contributed by atoms with Crippen LogP contribution in [0.2, 0.25) is 0 Å². The maximum absolute atomic E-state index is 6.40. The lowest BCUT2D eigenvalue weighted by Gasteiger charge is -2.03. The molecule has 4 heterocycles. The van der Waals surface area contributed by atoms with E-state index in [1.54, 1.807) is 22.7 Å². The second-order valence-electron chi connectivity index (χ2n) is 9.46. The molecule has 0 aliphatic rings. The average molecular weight is 772 g/mol. The molecule has 4 aromatic heterocycles. The van der Waals surface area contributed by atoms with E-state index in [2.05, 4.69) is 128 Å². The topological polar surface area (TPSA) is 26.3 Å². The molecule has 0 spiro atoms. The first kappa shape index (κ1) is 25.4. The smallest absolute Gasteiger partial charge is 0.160 e. The van der Waals surface area contributed by atoms with Gasteiger partial charge in [-0.25, -0.2) is 0 Å². The molecule has 0 amide bonds. The van der Waals surface area contributed by atoms with Crippen LogP contribution in [-0.2, 0) is 0 Å². The molecule has 2 nitrogen and oxygen atoms in total. The Labute approximate surface area is 250 Å². The Bertz CT molecular complexity index is 1670. The highest BCUT2D eigenvalue weighted by Crippen LogP contribution is 2.56. The van der Waals surface area contributed by atoms with Crippen LogP contribution >= 0.6 is 86.4 Å². The zero-order valence-electron chi connectivity index (χ0n) is 19.8. The summed E-state index contributed by atoms with van der Waals surface area (Å²) in [5.41, 5.74) is 4.34. The van der Waals surface area contributed by atoms with Gasteiger partial charge >= 0.3 is 0 Å². The van der Waals surface area contributed by atoms with E-state index in [4.69, 9.17) is 8.83 Å². The standard InChI is InChI=1S/C28H20Br4O2S2/c1-11(2)13-5-7-15-17(9-13)33-23(19(15)29)25-21(31)27-28(35-25)22(32)26(36-27)24-20(30)16-8-6-14(12(3)4)10-18(16)34-24/h5-12H,1-4H3. The van der Waals surface area contributed by atoms with E-state index in [1.165, 1.54) is 20.5 Å². The second-order valence-corrected chi connectivity index (χ2v) is 14.7. The van der Waals surface area contributed by atoms with E-state index in [0.717, 1.165) is 61.1 Å². The van der Waals surface area contributed by atoms with Crippen LogP contribution in [0.4, 0.5) is 0 Å². The summed E-state index contributed by atoms with van der Waals surface area (Å²) in [7, 11) is 0. The molecule has 6 rings (SSSR count). The number of fused-ring (bicyclic) bond motifs is 3. The van der Waals surface area contributed by atoms with Crippen LogP contribution in [0, 0.1) is 0 Å². The van der Waals surface area contributed by atoms with Gasteiger partial charge in [-0.2, -0.15) is 0 Å². The maximum atomic E-state index is 6.40. The minimum Gasteiger partial charge on any atom is -0.454 e. The minimum absolute atomic E-state index is 0.449. The molecule has 0 atom stereocenters. The van der Waals surface area contributed by atoms with Crippen LogP contribution in [0.1, 0.15) is 50.7 Å². The van der Waals surface area contributed by atoms with Crippen molar-refractivity contribution in [3.8, 4) is 21.3 Å². The molecule has 0 aliphatic heterocycles. The van der Waals surface area contributed by atoms with Gasteiger partial charge in [0.1, 0.15) is 11.2 Å². The first-order valence-electron chi connectivity index (χ1n) is 11.5. The molecule has 6 aromatic rings. The lowest BCUT2D eigenvalue weighted by Crippen LogP contribution is -1.84. The third kappa shape index (κ3) is 3.93. The van der Waals surface area contributed by atoms with Gasteiger partial charge in [-0.05, 0) is 111 Å². The van der Waals surface area contributed by atoms with Crippen molar-refractivity contribution in [2.75, 3.05) is 0 Å². The molecular formula is C28H20Br4O2S2. The molecule has 36 heavy (non-hydrogen) atoms. The molecule has 0 radical (unpaired) electrons. The van der Waals surface area contributed by atoms with Gasteiger partial charge in [-0.1, -0.05) is 39.8 Å². The fraction of sp³-hybridized carbons (Fsp3) is 0.214. The van der Waals surface area contributed by atoms with Crippen LogP contribution in [-0.4, -0.2) is 0 Å². The normalized spacial score (nSPS) is 12.4. The van der Waals surface area contributed by atoms with E-state index in [9.17, 15) is 0 Å². The molecular weight excluding hydrogens is 752 g/mol. The van der Waals surface area contributed by atoms with Gasteiger partial charge in [0, 0.05) is 10.8 Å². The Hall–Kier alpha value is -0.900. The van der Waals surface area contributed by atoms with Gasteiger partial charge in [0.15, 0.2) is 11.5 Å². The van der Waals surface area contributed by atoms with E-state index < -0.39 is 0 Å². The lowest BCUT2D eigenvalue weighted by atomic mass is 10.0. The fourth-order valence-corrected chi connectivity index (χ4v) is 10.2. The molecule has 0 unspecified atom stereocenters. The van der Waals surface area contributed by atoms with Crippen molar-refractivity contribution in [2.24, 2.45) is 0 Å². The number of hydrogen-bond donors (Lipinski definition) is 0. The van der Waals surface area contributed by atoms with E-state index in [-0.39, 0.29) is 0 Å². The zero-order chi connectivity index (χ0) is 25.5. The average Bonchev–Trinajstić information content (AvgIpc) is 3.55. The molecule has 0 fully saturated rings. The molecule has 0 aliphatic carbocycles. The Balaban J connectivity index is 1.48. The maximum Gasteiger partial charge on any atom is 0.160 e. The predicted octanol–water partition coefficient (Wildman–Crippen LogP) is 13.1. The fourth-order valence-electron chi connectivity index (χ4n) is 4.35. The number of furan rings is 2. The van der Waals surface area contributed by atoms with Crippen LogP contribution in [0.15, 0.2) is 63.1 Å². The van der Waals surface area contributed by atoms with Gasteiger partial charge < -0.3 is 8.83 Å². The summed E-state index contributed by atoms with van der Waals surface area (Å²) in [6.07, 6.45) is 0. The summed E-state index contributed by atoms with van der Waals surface area (Å²) in [6.45, 7) is 8.79. The Morgan fingerprint density at radius 3 is 1.33 bits per heavy atom. The molecule has 2 aromatic carbocycles. The molecule has 8 heteroatoms. The summed E-state index contributed by atoms with van der Waals surface area (Å²) in [6, 6.07) is 12.9. The minimum atomic E-state index is 0.449. The zero-order valence-corrected chi connectivity index (χ0v) is 27.7. The predicted molar refractivity (Wildman–Crippen MR) is 169 cm³/mol. The quantitative estimate of drug-likeness (QED) is 0.178. The summed E-state index contributed by atoms with van der Waals surface area (Å²) in [5, 5.41) is 2.18. The van der Waals surface area contributed by atoms with Crippen molar-refractivity contribution in [2.45, 2.75) is 39.5 Å². The first-order chi connectivity index (χ1) is 17.2. The third-order valence-electron chi connectivity index (χ3n) is 6.46. The molecule has 184 valence electrons. The van der Waals surface area contributed by atoms with Gasteiger partial charge in [0.05, 0.1) is 37.0 Å². The number of halogens is 4. The number of hydrogen-bond acceptors (Lipinski definition) is 4. The summed E-state index contributed by atoms with van der Waals surface area (Å²) in [4.78, 5) is 2.14.